The van der Waals surface area contributed by atoms with Crippen molar-refractivity contribution < 1.29 is 9.90 Å². The van der Waals surface area contributed by atoms with Gasteiger partial charge in [0.25, 0.3) is 0 Å². The summed E-state index contributed by atoms with van der Waals surface area (Å²) in [4.78, 5) is 10.5. The fraction of sp³-hybridized carbons (Fsp3) is 0.222. The number of carboxylic acid groups (broad SMARTS) is 1. The Kier molecular flexibility index (Phi) is 2.33. The number of nitrogens with two attached hydrogens (primary N) is 1. The van der Waals surface area contributed by atoms with Gasteiger partial charge in [-0.2, -0.15) is 0 Å². The van der Waals surface area contributed by atoms with E-state index in [1.165, 1.54) is 6.07 Å². The van der Waals surface area contributed by atoms with E-state index in [9.17, 15) is 9.90 Å². The van der Waals surface area contributed by atoms with Gasteiger partial charge in [0.05, 0.1) is 5.97 Å². The molecule has 0 spiro atoms. The average Bonchev–Trinajstić information content (AvgIpc) is 2.03. The number of aromatic carboxylic acids is 1. The van der Waals surface area contributed by atoms with Gasteiger partial charge in [-0.1, -0.05) is 13.0 Å². The summed E-state index contributed by atoms with van der Waals surface area (Å²) in [5.41, 5.74) is 7.02. The number of anilines is 1. The van der Waals surface area contributed by atoms with Gasteiger partial charge >= 0.3 is 0 Å². The van der Waals surface area contributed by atoms with E-state index < -0.39 is 5.97 Å². The molecule has 0 heterocycles. The van der Waals surface area contributed by atoms with Crippen LogP contribution in [0.25, 0.3) is 0 Å². The number of carboxylic acids is 1. The Labute approximate surface area is 70.8 Å². The number of hydrogen-bond donors (Lipinski definition) is 1. The zero-order chi connectivity index (χ0) is 9.14. The van der Waals surface area contributed by atoms with Crippen LogP contribution in [0, 0.1) is 0 Å². The molecule has 0 unspecified atom stereocenters. The van der Waals surface area contributed by atoms with Crippen molar-refractivity contribution in [3.63, 3.8) is 0 Å². The zero-order valence-electron chi connectivity index (χ0n) is 6.83. The van der Waals surface area contributed by atoms with Crippen LogP contribution < -0.4 is 10.8 Å². The predicted octanol–water partition coefficient (Wildman–Crippen LogP) is 0.195. The maximum atomic E-state index is 10.5. The lowest BCUT2D eigenvalue weighted by Gasteiger charge is -2.08. The monoisotopic (exact) mass is 164 g/mol. The van der Waals surface area contributed by atoms with Gasteiger partial charge in [-0.05, 0) is 24.1 Å². The van der Waals surface area contributed by atoms with Crippen molar-refractivity contribution in [2.24, 2.45) is 0 Å². The lowest BCUT2D eigenvalue weighted by Crippen LogP contribution is -2.23. The molecular formula is C9H10NO2-. The van der Waals surface area contributed by atoms with E-state index in [4.69, 9.17) is 5.73 Å². The Morgan fingerprint density at radius 1 is 1.58 bits per heavy atom. The number of aryl methyl sites for hydroxylation is 1. The van der Waals surface area contributed by atoms with Gasteiger partial charge < -0.3 is 15.6 Å². The van der Waals surface area contributed by atoms with Crippen LogP contribution in [0.3, 0.4) is 0 Å². The minimum atomic E-state index is -1.15. The SMILES string of the molecule is CCc1cc(N)ccc1C(=O)[O-]. The van der Waals surface area contributed by atoms with E-state index in [0.717, 1.165) is 5.56 Å². The number of rotatable bonds is 2. The van der Waals surface area contributed by atoms with Gasteiger partial charge in [0.15, 0.2) is 0 Å². The van der Waals surface area contributed by atoms with Gasteiger partial charge in [-0.3, -0.25) is 0 Å². The van der Waals surface area contributed by atoms with Crippen LogP contribution in [0.2, 0.25) is 0 Å². The van der Waals surface area contributed by atoms with Crippen LogP contribution in [0.1, 0.15) is 22.8 Å². The summed E-state index contributed by atoms with van der Waals surface area (Å²) in [5.74, 6) is -1.15. The highest BCUT2D eigenvalue weighted by molar-refractivity contribution is 5.88. The van der Waals surface area contributed by atoms with E-state index in [-0.39, 0.29) is 5.56 Å². The predicted molar refractivity (Wildman–Crippen MR) is 44.6 cm³/mol. The number of carbonyl (C=O) groups is 1. The van der Waals surface area contributed by atoms with Gasteiger partial charge in [0.1, 0.15) is 0 Å². The molecule has 0 aromatic heterocycles. The fourth-order valence-corrected chi connectivity index (χ4v) is 1.11. The minimum absolute atomic E-state index is 0.228. The molecule has 1 aromatic rings. The molecule has 0 bridgehead atoms. The molecule has 1 aromatic carbocycles. The van der Waals surface area contributed by atoms with Crippen molar-refractivity contribution in [3.8, 4) is 0 Å². The Bertz CT molecular complexity index is 307. The van der Waals surface area contributed by atoms with Gasteiger partial charge in [0.2, 0.25) is 0 Å². The van der Waals surface area contributed by atoms with Crippen LogP contribution in [0.15, 0.2) is 18.2 Å². The van der Waals surface area contributed by atoms with Crippen molar-refractivity contribution in [2.75, 3.05) is 5.73 Å². The van der Waals surface area contributed by atoms with E-state index in [2.05, 4.69) is 0 Å². The Morgan fingerprint density at radius 3 is 2.75 bits per heavy atom. The third kappa shape index (κ3) is 1.56. The molecule has 0 saturated heterocycles. The number of hydrogen-bond acceptors (Lipinski definition) is 3. The topological polar surface area (TPSA) is 66.2 Å². The van der Waals surface area contributed by atoms with Crippen LogP contribution in [-0.4, -0.2) is 5.97 Å². The van der Waals surface area contributed by atoms with Gasteiger partial charge in [-0.15, -0.1) is 0 Å². The average molecular weight is 164 g/mol. The maximum absolute atomic E-state index is 10.5. The van der Waals surface area contributed by atoms with Crippen molar-refractivity contribution in [1.29, 1.82) is 0 Å². The molecule has 3 nitrogen and oxygen atoms in total. The second-order valence-corrected chi connectivity index (χ2v) is 2.56. The second-order valence-electron chi connectivity index (χ2n) is 2.56. The first kappa shape index (κ1) is 8.59. The normalized spacial score (nSPS) is 9.75. The Hall–Kier alpha value is -1.51. The molecule has 0 atom stereocenters. The standard InChI is InChI=1S/C9H11NO2/c1-2-6-5-7(10)3-4-8(6)9(11)12/h3-5H,2,10H2,1H3,(H,11,12)/p-1. The summed E-state index contributed by atoms with van der Waals surface area (Å²) in [6.07, 6.45) is 0.647. The molecule has 12 heavy (non-hydrogen) atoms. The van der Waals surface area contributed by atoms with Crippen LogP contribution in [-0.2, 0) is 6.42 Å². The number of carbonyl (C=O) groups excluding carboxylic acids is 1. The smallest absolute Gasteiger partial charge is 0.0718 e. The Morgan fingerprint density at radius 2 is 2.25 bits per heavy atom. The molecule has 0 aliphatic carbocycles. The number of benzene rings is 1. The third-order valence-electron chi connectivity index (χ3n) is 1.73. The molecule has 1 rings (SSSR count). The molecule has 2 N–H and O–H groups in total. The van der Waals surface area contributed by atoms with Crippen LogP contribution in [0.4, 0.5) is 5.69 Å². The van der Waals surface area contributed by atoms with E-state index >= 15 is 0 Å². The van der Waals surface area contributed by atoms with E-state index in [1.54, 1.807) is 12.1 Å². The van der Waals surface area contributed by atoms with Crippen LogP contribution in [0.5, 0.6) is 0 Å². The molecule has 0 amide bonds. The van der Waals surface area contributed by atoms with E-state index in [1.807, 2.05) is 6.92 Å². The van der Waals surface area contributed by atoms with Gasteiger partial charge in [0, 0.05) is 11.3 Å². The molecule has 0 aliphatic rings. The first-order chi connectivity index (χ1) is 5.65. The lowest BCUT2D eigenvalue weighted by atomic mass is 10.0. The van der Waals surface area contributed by atoms with Crippen molar-refractivity contribution in [2.45, 2.75) is 13.3 Å². The third-order valence-corrected chi connectivity index (χ3v) is 1.73. The van der Waals surface area contributed by atoms with Gasteiger partial charge in [-0.25, -0.2) is 0 Å². The van der Waals surface area contributed by atoms with Crippen molar-refractivity contribution in [1.82, 2.24) is 0 Å². The summed E-state index contributed by atoms with van der Waals surface area (Å²) >= 11 is 0. The van der Waals surface area contributed by atoms with Crippen LogP contribution >= 0.6 is 0 Å². The molecule has 0 saturated carbocycles. The summed E-state index contributed by atoms with van der Waals surface area (Å²) in [5, 5.41) is 10.5. The highest BCUT2D eigenvalue weighted by Crippen LogP contribution is 2.13. The summed E-state index contributed by atoms with van der Waals surface area (Å²) < 4.78 is 0. The molecule has 64 valence electrons. The quantitative estimate of drug-likeness (QED) is 0.635. The highest BCUT2D eigenvalue weighted by atomic mass is 16.4. The van der Waals surface area contributed by atoms with Crippen molar-refractivity contribution in [3.05, 3.63) is 29.3 Å². The number of nitrogen functional groups attached to an aromatic ring is 1. The molecule has 3 heteroatoms. The summed E-state index contributed by atoms with van der Waals surface area (Å²) in [6, 6.07) is 4.69. The maximum Gasteiger partial charge on any atom is 0.0718 e. The molecule has 0 aliphatic heterocycles. The Balaban J connectivity index is 3.20. The van der Waals surface area contributed by atoms with E-state index in [0.29, 0.717) is 12.1 Å². The minimum Gasteiger partial charge on any atom is -0.545 e. The summed E-state index contributed by atoms with van der Waals surface area (Å²) in [6.45, 7) is 1.88. The lowest BCUT2D eigenvalue weighted by molar-refractivity contribution is -0.255. The first-order valence-electron chi connectivity index (χ1n) is 3.75. The highest BCUT2D eigenvalue weighted by Gasteiger charge is 2.00. The molecule has 0 fully saturated rings. The fourth-order valence-electron chi connectivity index (χ4n) is 1.11. The summed E-state index contributed by atoms with van der Waals surface area (Å²) in [7, 11) is 0. The largest absolute Gasteiger partial charge is 0.545 e. The first-order valence-corrected chi connectivity index (χ1v) is 3.75. The second kappa shape index (κ2) is 3.26. The zero-order valence-corrected chi connectivity index (χ0v) is 6.83. The molecule has 0 radical (unpaired) electrons. The molecular weight excluding hydrogens is 154 g/mol. The van der Waals surface area contributed by atoms with Crippen molar-refractivity contribution >= 4 is 11.7 Å².